The molecule has 1 aliphatic heterocycles. The van der Waals surface area contributed by atoms with Crippen LogP contribution in [0.15, 0.2) is 60.3 Å². The van der Waals surface area contributed by atoms with Crippen molar-refractivity contribution in [2.75, 3.05) is 18.4 Å². The van der Waals surface area contributed by atoms with Crippen LogP contribution in [0, 0.1) is 0 Å². The van der Waals surface area contributed by atoms with Crippen LogP contribution in [-0.2, 0) is 0 Å². The van der Waals surface area contributed by atoms with Crippen LogP contribution in [0.4, 0.5) is 14.5 Å². The summed E-state index contributed by atoms with van der Waals surface area (Å²) in [6, 6.07) is 16.9. The molecule has 1 heterocycles. The zero-order valence-corrected chi connectivity index (χ0v) is 15.4. The van der Waals surface area contributed by atoms with Crippen molar-refractivity contribution in [3.8, 4) is 5.75 Å². The number of rotatable bonds is 8. The topological polar surface area (TPSA) is 24.5 Å². The van der Waals surface area contributed by atoms with Gasteiger partial charge in [0.2, 0.25) is 0 Å². The van der Waals surface area contributed by atoms with Gasteiger partial charge in [-0.2, -0.15) is 8.78 Å². The van der Waals surface area contributed by atoms with Gasteiger partial charge in [-0.3, -0.25) is 0 Å². The molecule has 0 aliphatic carbocycles. The fraction of sp³-hybridized carbons (Fsp3) is 0.300. The molecule has 2 aromatic carbocycles. The first-order valence-electron chi connectivity index (χ1n) is 8.69. The van der Waals surface area contributed by atoms with Gasteiger partial charge in [-0.15, -0.1) is 0 Å². The van der Waals surface area contributed by atoms with Crippen LogP contribution in [0.2, 0.25) is 0 Å². The highest BCUT2D eigenvalue weighted by atomic mass is 32.2. The normalized spacial score (nSPS) is 14.9. The van der Waals surface area contributed by atoms with Gasteiger partial charge in [-0.05, 0) is 48.2 Å². The number of benzene rings is 2. The van der Waals surface area contributed by atoms with Gasteiger partial charge in [0.25, 0.3) is 0 Å². The molecule has 6 heteroatoms. The van der Waals surface area contributed by atoms with E-state index >= 15 is 0 Å². The number of alkyl halides is 2. The summed E-state index contributed by atoms with van der Waals surface area (Å²) in [6.07, 6.45) is 2.31. The third-order valence-corrected chi connectivity index (χ3v) is 5.24. The largest absolute Gasteiger partial charge is 0.435 e. The predicted octanol–water partition coefficient (Wildman–Crippen LogP) is 5.83. The maximum Gasteiger partial charge on any atom is 0.387 e. The summed E-state index contributed by atoms with van der Waals surface area (Å²) in [5.74, 6) is 0.160. The highest BCUT2D eigenvalue weighted by Gasteiger charge is 2.24. The molecule has 0 bridgehead atoms. The van der Waals surface area contributed by atoms with Crippen molar-refractivity contribution in [2.24, 2.45) is 0 Å². The SMILES string of the molecule is CCCCN1CC(Nc2ccc(OC(F)F)cc2)=C(c2ccccc2)S1. The summed E-state index contributed by atoms with van der Waals surface area (Å²) in [5.41, 5.74) is 3.16. The highest BCUT2D eigenvalue weighted by molar-refractivity contribution is 8.06. The van der Waals surface area contributed by atoms with Crippen molar-refractivity contribution >= 4 is 22.5 Å². The quantitative estimate of drug-likeness (QED) is 0.586. The minimum atomic E-state index is -2.81. The molecule has 0 atom stereocenters. The number of hydrogen-bond acceptors (Lipinski definition) is 4. The standard InChI is InChI=1S/C20H22F2N2OS/c1-2-3-13-24-14-18(19(26-24)15-7-5-4-6-8-15)23-16-9-11-17(12-10-16)25-20(21)22/h4-12,20,23H,2-3,13-14H2,1H3. The van der Waals surface area contributed by atoms with Crippen LogP contribution in [0.3, 0.4) is 0 Å². The summed E-state index contributed by atoms with van der Waals surface area (Å²) < 4.78 is 31.3. The van der Waals surface area contributed by atoms with Crippen molar-refractivity contribution in [3.05, 3.63) is 65.9 Å². The van der Waals surface area contributed by atoms with Gasteiger partial charge in [0.05, 0.1) is 11.4 Å². The Kier molecular flexibility index (Phi) is 6.52. The van der Waals surface area contributed by atoms with Crippen LogP contribution < -0.4 is 10.1 Å². The van der Waals surface area contributed by atoms with Gasteiger partial charge in [0.15, 0.2) is 0 Å². The number of nitrogens with zero attached hydrogens (tertiary/aromatic N) is 1. The van der Waals surface area contributed by atoms with Crippen molar-refractivity contribution < 1.29 is 13.5 Å². The fourth-order valence-electron chi connectivity index (χ4n) is 2.73. The summed E-state index contributed by atoms with van der Waals surface area (Å²) >= 11 is 1.77. The van der Waals surface area contributed by atoms with Crippen molar-refractivity contribution in [1.29, 1.82) is 0 Å². The van der Waals surface area contributed by atoms with E-state index in [1.807, 2.05) is 18.2 Å². The Morgan fingerprint density at radius 2 is 1.85 bits per heavy atom. The third kappa shape index (κ3) is 4.99. The summed E-state index contributed by atoms with van der Waals surface area (Å²) in [6.45, 7) is 1.24. The number of anilines is 1. The Hall–Kier alpha value is -2.05. The second-order valence-electron chi connectivity index (χ2n) is 6.01. The van der Waals surface area contributed by atoms with E-state index in [2.05, 4.69) is 33.4 Å². The zero-order chi connectivity index (χ0) is 18.4. The molecule has 1 aliphatic rings. The molecule has 0 fully saturated rings. The third-order valence-electron chi connectivity index (χ3n) is 4.00. The molecule has 0 unspecified atom stereocenters. The lowest BCUT2D eigenvalue weighted by atomic mass is 10.1. The molecule has 0 radical (unpaired) electrons. The predicted molar refractivity (Wildman–Crippen MR) is 104 cm³/mol. The van der Waals surface area contributed by atoms with E-state index in [4.69, 9.17) is 0 Å². The van der Waals surface area contributed by atoms with E-state index in [9.17, 15) is 8.78 Å². The second kappa shape index (κ2) is 9.05. The van der Waals surface area contributed by atoms with Crippen LogP contribution in [0.25, 0.3) is 4.91 Å². The summed E-state index contributed by atoms with van der Waals surface area (Å²) in [4.78, 5) is 1.20. The lowest BCUT2D eigenvalue weighted by Crippen LogP contribution is -2.17. The molecule has 0 saturated heterocycles. The van der Waals surface area contributed by atoms with Crippen molar-refractivity contribution in [1.82, 2.24) is 4.31 Å². The van der Waals surface area contributed by atoms with Crippen LogP contribution >= 0.6 is 11.9 Å². The van der Waals surface area contributed by atoms with Gasteiger partial charge < -0.3 is 10.1 Å². The number of halogens is 2. The maximum atomic E-state index is 12.3. The molecule has 2 aromatic rings. The van der Waals surface area contributed by atoms with E-state index in [1.54, 1.807) is 36.2 Å². The van der Waals surface area contributed by atoms with Crippen LogP contribution in [-0.4, -0.2) is 24.0 Å². The van der Waals surface area contributed by atoms with E-state index < -0.39 is 6.61 Å². The molecule has 3 nitrogen and oxygen atoms in total. The fourth-order valence-corrected chi connectivity index (χ4v) is 3.87. The lowest BCUT2D eigenvalue weighted by molar-refractivity contribution is -0.0498. The second-order valence-corrected chi connectivity index (χ2v) is 7.12. The van der Waals surface area contributed by atoms with Crippen molar-refractivity contribution in [3.63, 3.8) is 0 Å². The zero-order valence-electron chi connectivity index (χ0n) is 14.6. The van der Waals surface area contributed by atoms with Gasteiger partial charge >= 0.3 is 6.61 Å². The molecule has 1 N–H and O–H groups in total. The Labute approximate surface area is 157 Å². The van der Waals surface area contributed by atoms with Crippen LogP contribution in [0.1, 0.15) is 25.3 Å². The average Bonchev–Trinajstić information content (AvgIpc) is 3.04. The molecular formula is C20H22F2N2OS. The van der Waals surface area contributed by atoms with Crippen molar-refractivity contribution in [2.45, 2.75) is 26.4 Å². The van der Waals surface area contributed by atoms with E-state index in [-0.39, 0.29) is 5.75 Å². The first-order chi connectivity index (χ1) is 12.7. The number of nitrogens with one attached hydrogen (secondary N) is 1. The van der Waals surface area contributed by atoms with Crippen LogP contribution in [0.5, 0.6) is 5.75 Å². The monoisotopic (exact) mass is 376 g/mol. The lowest BCUT2D eigenvalue weighted by Gasteiger charge is -2.14. The minimum absolute atomic E-state index is 0.160. The van der Waals surface area contributed by atoms with E-state index in [1.165, 1.54) is 10.5 Å². The summed E-state index contributed by atoms with van der Waals surface area (Å²) in [7, 11) is 0. The van der Waals surface area contributed by atoms with Gasteiger partial charge in [0.1, 0.15) is 5.75 Å². The Morgan fingerprint density at radius 1 is 1.12 bits per heavy atom. The first kappa shape index (κ1) is 18.7. The summed E-state index contributed by atoms with van der Waals surface area (Å²) in [5, 5.41) is 3.45. The van der Waals surface area contributed by atoms with Gasteiger partial charge in [-0.25, -0.2) is 4.31 Å². The molecule has 138 valence electrons. The number of hydrogen-bond donors (Lipinski definition) is 1. The Morgan fingerprint density at radius 3 is 2.50 bits per heavy atom. The van der Waals surface area contributed by atoms with Gasteiger partial charge in [-0.1, -0.05) is 43.7 Å². The maximum absolute atomic E-state index is 12.3. The number of ether oxygens (including phenoxy) is 1. The molecule has 3 rings (SSSR count). The smallest absolute Gasteiger partial charge is 0.387 e. The molecule has 26 heavy (non-hydrogen) atoms. The molecule has 0 saturated carbocycles. The first-order valence-corrected chi connectivity index (χ1v) is 9.46. The molecule has 0 aromatic heterocycles. The molecule has 0 amide bonds. The van der Waals surface area contributed by atoms with Gasteiger partial charge in [0, 0.05) is 17.9 Å². The van der Waals surface area contributed by atoms with E-state index in [0.717, 1.165) is 37.3 Å². The van der Waals surface area contributed by atoms with E-state index in [0.29, 0.717) is 0 Å². The minimum Gasteiger partial charge on any atom is -0.435 e. The Bertz CT molecular complexity index is 735. The number of unbranched alkanes of at least 4 members (excludes halogenated alkanes) is 1. The highest BCUT2D eigenvalue weighted by Crippen LogP contribution is 2.40. The average molecular weight is 376 g/mol. The molecular weight excluding hydrogens is 354 g/mol. The Balaban J connectivity index is 1.77. The molecule has 0 spiro atoms.